The Morgan fingerprint density at radius 3 is 2.63 bits per heavy atom. The maximum Gasteiger partial charge on any atom is 0.281 e. The van der Waals surface area contributed by atoms with Crippen molar-refractivity contribution in [3.63, 3.8) is 0 Å². The van der Waals surface area contributed by atoms with E-state index < -0.39 is 15.9 Å². The maximum absolute atomic E-state index is 13.1. The third-order valence-electron chi connectivity index (χ3n) is 7.68. The van der Waals surface area contributed by atoms with Crippen molar-refractivity contribution < 1.29 is 17.9 Å². The highest BCUT2D eigenvalue weighted by Crippen LogP contribution is 2.38. The number of ether oxygens (including phenoxy) is 1. The molecule has 9 heteroatoms. The predicted molar refractivity (Wildman–Crippen MR) is 135 cm³/mol. The fourth-order valence-electron chi connectivity index (χ4n) is 5.06. The Hall–Kier alpha value is -2.68. The number of anilines is 1. The van der Waals surface area contributed by atoms with Gasteiger partial charge >= 0.3 is 0 Å². The summed E-state index contributed by atoms with van der Waals surface area (Å²) in [7, 11) is -4.19. The van der Waals surface area contributed by atoms with Crippen LogP contribution in [0.15, 0.2) is 41.6 Å². The SMILES string of the molecule is CC1CCN(c2ncccc2C(=O)NS(=O)(=O)c2cccc(OCCC3CCCCC3)n2)C1(C)C. The second kappa shape index (κ2) is 10.5. The molecule has 1 unspecified atom stereocenters. The van der Waals surface area contributed by atoms with Crippen molar-refractivity contribution in [1.82, 2.24) is 14.7 Å². The zero-order valence-corrected chi connectivity index (χ0v) is 21.7. The van der Waals surface area contributed by atoms with Crippen LogP contribution in [0.5, 0.6) is 5.88 Å². The van der Waals surface area contributed by atoms with Crippen LogP contribution in [-0.4, -0.2) is 43.0 Å². The number of amides is 1. The molecule has 8 nitrogen and oxygen atoms in total. The minimum atomic E-state index is -4.19. The maximum atomic E-state index is 13.1. The molecule has 0 radical (unpaired) electrons. The van der Waals surface area contributed by atoms with Crippen LogP contribution in [0.1, 0.15) is 76.1 Å². The third kappa shape index (κ3) is 5.77. The molecule has 1 aliphatic heterocycles. The molecule has 0 bridgehead atoms. The summed E-state index contributed by atoms with van der Waals surface area (Å²) in [5.41, 5.74) is 0.0192. The molecule has 1 saturated heterocycles. The number of nitrogens with one attached hydrogen (secondary N) is 1. The minimum absolute atomic E-state index is 0.201. The van der Waals surface area contributed by atoms with Gasteiger partial charge in [-0.2, -0.15) is 13.4 Å². The van der Waals surface area contributed by atoms with Gasteiger partial charge < -0.3 is 9.64 Å². The molecule has 1 amide bonds. The predicted octanol–water partition coefficient (Wildman–Crippen LogP) is 4.57. The molecule has 190 valence electrons. The van der Waals surface area contributed by atoms with E-state index in [1.165, 1.54) is 38.2 Å². The average Bonchev–Trinajstić information content (AvgIpc) is 3.11. The number of sulfonamides is 1. The first-order chi connectivity index (χ1) is 16.7. The first-order valence-electron chi connectivity index (χ1n) is 12.6. The molecular formula is C26H36N4O4S. The highest BCUT2D eigenvalue weighted by molar-refractivity contribution is 7.90. The zero-order valence-electron chi connectivity index (χ0n) is 20.9. The quantitative estimate of drug-likeness (QED) is 0.566. The van der Waals surface area contributed by atoms with Crippen LogP contribution >= 0.6 is 0 Å². The van der Waals surface area contributed by atoms with Gasteiger partial charge in [-0.1, -0.05) is 45.1 Å². The Morgan fingerprint density at radius 1 is 1.14 bits per heavy atom. The van der Waals surface area contributed by atoms with Crippen LogP contribution in [0, 0.1) is 11.8 Å². The summed E-state index contributed by atoms with van der Waals surface area (Å²) in [6, 6.07) is 7.81. The summed E-state index contributed by atoms with van der Waals surface area (Å²) in [6.07, 6.45) is 9.81. The van der Waals surface area contributed by atoms with Gasteiger partial charge in [-0.3, -0.25) is 4.79 Å². The second-order valence-electron chi connectivity index (χ2n) is 10.3. The van der Waals surface area contributed by atoms with Gasteiger partial charge in [-0.05, 0) is 56.7 Å². The molecule has 1 atom stereocenters. The molecule has 3 heterocycles. The molecule has 1 saturated carbocycles. The number of carbonyl (C=O) groups is 1. The van der Waals surface area contributed by atoms with Crippen LogP contribution in [0.25, 0.3) is 0 Å². The first-order valence-corrected chi connectivity index (χ1v) is 14.1. The Labute approximate surface area is 208 Å². The summed E-state index contributed by atoms with van der Waals surface area (Å²) >= 11 is 0. The number of nitrogens with zero attached hydrogens (tertiary/aromatic N) is 3. The van der Waals surface area contributed by atoms with Crippen molar-refractivity contribution in [3.05, 3.63) is 42.1 Å². The third-order valence-corrected chi connectivity index (χ3v) is 8.91. The fraction of sp³-hybridized carbons (Fsp3) is 0.577. The minimum Gasteiger partial charge on any atom is -0.478 e. The Balaban J connectivity index is 1.45. The standard InChI is InChI=1S/C26H36N4O4S/c1-19-14-17-30(26(19,2)3)24-21(11-8-16-27-24)25(31)29-35(32,33)23-13-7-12-22(28-23)34-18-15-20-9-5-4-6-10-20/h7-8,11-13,16,19-20H,4-6,9-10,14-15,17-18H2,1-3H3,(H,29,31). The molecular weight excluding hydrogens is 464 g/mol. The Morgan fingerprint density at radius 2 is 1.91 bits per heavy atom. The van der Waals surface area contributed by atoms with Gasteiger partial charge in [0.05, 0.1) is 12.2 Å². The van der Waals surface area contributed by atoms with Gasteiger partial charge in [-0.15, -0.1) is 0 Å². The summed E-state index contributed by atoms with van der Waals surface area (Å²) in [4.78, 5) is 23.8. The Bertz CT molecular complexity index is 1150. The number of carbonyl (C=O) groups excluding carboxylic acids is 1. The molecule has 2 aromatic rings. The summed E-state index contributed by atoms with van der Waals surface area (Å²) < 4.78 is 34.0. The second-order valence-corrected chi connectivity index (χ2v) is 11.9. The lowest BCUT2D eigenvalue weighted by atomic mass is 9.87. The van der Waals surface area contributed by atoms with Gasteiger partial charge in [0, 0.05) is 24.3 Å². The van der Waals surface area contributed by atoms with Crippen molar-refractivity contribution >= 4 is 21.7 Å². The highest BCUT2D eigenvalue weighted by Gasteiger charge is 2.40. The summed E-state index contributed by atoms with van der Waals surface area (Å²) in [6.45, 7) is 7.64. The number of hydrogen-bond donors (Lipinski definition) is 1. The van der Waals surface area contributed by atoms with E-state index in [0.29, 0.717) is 24.3 Å². The van der Waals surface area contributed by atoms with E-state index in [-0.39, 0.29) is 22.0 Å². The topological polar surface area (TPSA) is 101 Å². The molecule has 0 spiro atoms. The van der Waals surface area contributed by atoms with Crippen molar-refractivity contribution in [2.75, 3.05) is 18.1 Å². The van der Waals surface area contributed by atoms with E-state index in [1.54, 1.807) is 30.5 Å². The first kappa shape index (κ1) is 25.4. The van der Waals surface area contributed by atoms with Crippen LogP contribution < -0.4 is 14.4 Å². The lowest BCUT2D eigenvalue weighted by molar-refractivity contribution is 0.0981. The van der Waals surface area contributed by atoms with E-state index >= 15 is 0 Å². The number of hydrogen-bond acceptors (Lipinski definition) is 7. The monoisotopic (exact) mass is 500 g/mol. The average molecular weight is 501 g/mol. The van der Waals surface area contributed by atoms with Crippen LogP contribution in [0.3, 0.4) is 0 Å². The van der Waals surface area contributed by atoms with Gasteiger partial charge in [-0.25, -0.2) is 9.71 Å². The van der Waals surface area contributed by atoms with Crippen LogP contribution in [0.4, 0.5) is 5.82 Å². The van der Waals surface area contributed by atoms with E-state index in [1.807, 2.05) is 0 Å². The van der Waals surface area contributed by atoms with Crippen molar-refractivity contribution in [1.29, 1.82) is 0 Å². The molecule has 1 aliphatic carbocycles. The number of aromatic nitrogens is 2. The van der Waals surface area contributed by atoms with Gasteiger partial charge in [0.25, 0.3) is 15.9 Å². The van der Waals surface area contributed by atoms with E-state index in [9.17, 15) is 13.2 Å². The largest absolute Gasteiger partial charge is 0.478 e. The molecule has 0 aromatic carbocycles. The van der Waals surface area contributed by atoms with Gasteiger partial charge in [0.1, 0.15) is 5.82 Å². The van der Waals surface area contributed by atoms with E-state index in [0.717, 1.165) is 19.4 Å². The lowest BCUT2D eigenvalue weighted by Crippen LogP contribution is -2.43. The van der Waals surface area contributed by atoms with E-state index in [2.05, 4.69) is 40.4 Å². The highest BCUT2D eigenvalue weighted by atomic mass is 32.2. The number of rotatable bonds is 8. The molecule has 2 aromatic heterocycles. The van der Waals surface area contributed by atoms with E-state index in [4.69, 9.17) is 4.74 Å². The normalized spacial score (nSPS) is 20.5. The molecule has 4 rings (SSSR count). The fourth-order valence-corrected chi connectivity index (χ4v) is 5.99. The van der Waals surface area contributed by atoms with Crippen molar-refractivity contribution in [3.8, 4) is 5.88 Å². The smallest absolute Gasteiger partial charge is 0.281 e. The zero-order chi connectivity index (χ0) is 25.1. The summed E-state index contributed by atoms with van der Waals surface area (Å²) in [5.74, 6) is 1.07. The molecule has 35 heavy (non-hydrogen) atoms. The van der Waals surface area contributed by atoms with Gasteiger partial charge in [0.2, 0.25) is 5.88 Å². The Kier molecular flexibility index (Phi) is 7.64. The van der Waals surface area contributed by atoms with Gasteiger partial charge in [0.15, 0.2) is 5.03 Å². The van der Waals surface area contributed by atoms with Crippen LogP contribution in [0.2, 0.25) is 0 Å². The molecule has 1 N–H and O–H groups in total. The summed E-state index contributed by atoms with van der Waals surface area (Å²) in [5, 5.41) is -0.249. The lowest BCUT2D eigenvalue weighted by Gasteiger charge is -2.36. The van der Waals surface area contributed by atoms with Crippen molar-refractivity contribution in [2.24, 2.45) is 11.8 Å². The molecule has 2 fully saturated rings. The molecule has 2 aliphatic rings. The number of pyridine rings is 2. The van der Waals surface area contributed by atoms with Crippen molar-refractivity contribution in [2.45, 2.75) is 76.3 Å². The van der Waals surface area contributed by atoms with Crippen LogP contribution in [-0.2, 0) is 10.0 Å².